The monoisotopic (exact) mass is 590 g/mol. The molecular formula is C43H30N2O. The number of furan rings is 1. The molecule has 218 valence electrons. The van der Waals surface area contributed by atoms with Crippen molar-refractivity contribution < 1.29 is 4.42 Å². The summed E-state index contributed by atoms with van der Waals surface area (Å²) >= 11 is 0. The number of benzene rings is 6. The molecule has 2 aromatic heterocycles. The summed E-state index contributed by atoms with van der Waals surface area (Å²) in [5.74, 6) is 0.715. The number of aromatic nitrogens is 2. The molecule has 0 spiro atoms. The van der Waals surface area contributed by atoms with E-state index in [0.717, 1.165) is 61.1 Å². The van der Waals surface area contributed by atoms with Gasteiger partial charge in [0, 0.05) is 38.4 Å². The molecule has 1 aliphatic rings. The van der Waals surface area contributed by atoms with Crippen LogP contribution in [0.25, 0.3) is 78.1 Å². The Hall–Kier alpha value is -5.80. The zero-order chi connectivity index (χ0) is 30.8. The molecule has 0 fully saturated rings. The van der Waals surface area contributed by atoms with Crippen molar-refractivity contribution in [1.82, 2.24) is 9.97 Å². The summed E-state index contributed by atoms with van der Waals surface area (Å²) in [5.41, 5.74) is 14.2. The summed E-state index contributed by atoms with van der Waals surface area (Å²) in [5, 5.41) is 2.27. The summed E-state index contributed by atoms with van der Waals surface area (Å²) in [4.78, 5) is 10.2. The van der Waals surface area contributed by atoms with Crippen LogP contribution in [0, 0.1) is 0 Å². The Morgan fingerprint density at radius 2 is 1.09 bits per heavy atom. The van der Waals surface area contributed by atoms with Gasteiger partial charge in [-0.05, 0) is 46.0 Å². The zero-order valence-electron chi connectivity index (χ0n) is 25.7. The highest BCUT2D eigenvalue weighted by molar-refractivity contribution is 6.09. The quantitative estimate of drug-likeness (QED) is 0.205. The lowest BCUT2D eigenvalue weighted by atomic mass is 9.82. The first-order valence-corrected chi connectivity index (χ1v) is 15.7. The SMILES string of the molecule is CC1(C)c2ccccc2-c2ccc(-c3cc(-c4ccc(-c5cccc6c5oc5ccccc56)cc4)nc(-c4ccccc4)n3)cc21. The minimum absolute atomic E-state index is 0.0847. The van der Waals surface area contributed by atoms with E-state index in [9.17, 15) is 0 Å². The van der Waals surface area contributed by atoms with Crippen molar-refractivity contribution in [2.75, 3.05) is 0 Å². The summed E-state index contributed by atoms with van der Waals surface area (Å²) < 4.78 is 6.33. The summed E-state index contributed by atoms with van der Waals surface area (Å²) in [6, 6.07) is 51.1. The summed E-state index contributed by atoms with van der Waals surface area (Å²) in [7, 11) is 0. The van der Waals surface area contributed by atoms with Gasteiger partial charge in [-0.3, -0.25) is 0 Å². The molecule has 0 N–H and O–H groups in total. The summed E-state index contributed by atoms with van der Waals surface area (Å²) in [6.45, 7) is 4.63. The molecule has 0 unspecified atom stereocenters. The average molecular weight is 591 g/mol. The highest BCUT2D eigenvalue weighted by atomic mass is 16.3. The lowest BCUT2D eigenvalue weighted by Gasteiger charge is -2.22. The molecular weight excluding hydrogens is 560 g/mol. The Labute approximate surface area is 267 Å². The molecule has 8 aromatic rings. The van der Waals surface area contributed by atoms with E-state index in [0.29, 0.717) is 5.82 Å². The first-order chi connectivity index (χ1) is 22.5. The first kappa shape index (κ1) is 26.6. The lowest BCUT2D eigenvalue weighted by molar-refractivity contribution is 0.660. The maximum Gasteiger partial charge on any atom is 0.160 e. The summed E-state index contributed by atoms with van der Waals surface area (Å²) in [6.07, 6.45) is 0. The second-order valence-electron chi connectivity index (χ2n) is 12.6. The number of hydrogen-bond donors (Lipinski definition) is 0. The highest BCUT2D eigenvalue weighted by Gasteiger charge is 2.35. The topological polar surface area (TPSA) is 38.9 Å². The third-order valence-corrected chi connectivity index (χ3v) is 9.53. The molecule has 6 aromatic carbocycles. The van der Waals surface area contributed by atoms with Gasteiger partial charge in [0.2, 0.25) is 0 Å². The molecule has 0 aliphatic heterocycles. The fraction of sp³-hybridized carbons (Fsp3) is 0.0698. The van der Waals surface area contributed by atoms with Crippen LogP contribution in [0.5, 0.6) is 0 Å². The second-order valence-corrected chi connectivity index (χ2v) is 12.6. The Bertz CT molecular complexity index is 2440. The maximum atomic E-state index is 6.33. The molecule has 0 atom stereocenters. The maximum absolute atomic E-state index is 6.33. The van der Waals surface area contributed by atoms with E-state index >= 15 is 0 Å². The van der Waals surface area contributed by atoms with Crippen LogP contribution in [-0.4, -0.2) is 9.97 Å². The number of hydrogen-bond acceptors (Lipinski definition) is 3. The third-order valence-electron chi connectivity index (χ3n) is 9.53. The van der Waals surface area contributed by atoms with Crippen LogP contribution in [0.4, 0.5) is 0 Å². The van der Waals surface area contributed by atoms with Gasteiger partial charge in [-0.2, -0.15) is 0 Å². The number of para-hydroxylation sites is 2. The lowest BCUT2D eigenvalue weighted by Crippen LogP contribution is -2.14. The van der Waals surface area contributed by atoms with Crippen molar-refractivity contribution >= 4 is 21.9 Å². The highest BCUT2D eigenvalue weighted by Crippen LogP contribution is 2.49. The molecule has 9 rings (SSSR count). The molecule has 0 radical (unpaired) electrons. The van der Waals surface area contributed by atoms with Gasteiger partial charge in [0.05, 0.1) is 11.4 Å². The molecule has 2 heterocycles. The van der Waals surface area contributed by atoms with Crippen molar-refractivity contribution in [2.24, 2.45) is 0 Å². The first-order valence-electron chi connectivity index (χ1n) is 15.7. The average Bonchev–Trinajstić information content (AvgIpc) is 3.61. The molecule has 1 aliphatic carbocycles. The van der Waals surface area contributed by atoms with E-state index in [-0.39, 0.29) is 5.41 Å². The molecule has 0 saturated carbocycles. The number of nitrogens with zero attached hydrogens (tertiary/aromatic N) is 2. The Balaban J connectivity index is 1.15. The second kappa shape index (κ2) is 10.1. The predicted molar refractivity (Wildman–Crippen MR) is 189 cm³/mol. The van der Waals surface area contributed by atoms with Crippen molar-refractivity contribution in [3.05, 3.63) is 157 Å². The van der Waals surface area contributed by atoms with Gasteiger partial charge in [-0.1, -0.05) is 141 Å². The van der Waals surface area contributed by atoms with Gasteiger partial charge in [0.15, 0.2) is 5.82 Å². The standard InChI is InChI=1S/C43H30N2O/c1-43(2)36-17-8-6-13-32(36)33-24-23-30(25-37(33)43)39-26-38(44-42(45-39)29-11-4-3-5-12-29)28-21-19-27(20-22-28)31-15-10-16-35-34-14-7-9-18-40(34)46-41(31)35/h3-26H,1-2H3. The van der Waals surface area contributed by atoms with Crippen LogP contribution in [0.3, 0.4) is 0 Å². The van der Waals surface area contributed by atoms with E-state index in [2.05, 4.69) is 129 Å². The van der Waals surface area contributed by atoms with Crippen molar-refractivity contribution in [3.8, 4) is 56.2 Å². The van der Waals surface area contributed by atoms with Crippen LogP contribution < -0.4 is 0 Å². The minimum atomic E-state index is -0.0847. The largest absolute Gasteiger partial charge is 0.455 e. The predicted octanol–water partition coefficient (Wildman–Crippen LogP) is 11.4. The fourth-order valence-electron chi connectivity index (χ4n) is 7.12. The Morgan fingerprint density at radius 3 is 1.93 bits per heavy atom. The van der Waals surface area contributed by atoms with Gasteiger partial charge in [0.25, 0.3) is 0 Å². The van der Waals surface area contributed by atoms with Crippen molar-refractivity contribution in [1.29, 1.82) is 0 Å². The van der Waals surface area contributed by atoms with Crippen molar-refractivity contribution in [3.63, 3.8) is 0 Å². The molecule has 0 bridgehead atoms. The van der Waals surface area contributed by atoms with Crippen LogP contribution >= 0.6 is 0 Å². The van der Waals surface area contributed by atoms with Gasteiger partial charge in [-0.15, -0.1) is 0 Å². The molecule has 0 amide bonds. The van der Waals surface area contributed by atoms with E-state index in [1.54, 1.807) is 0 Å². The molecule has 3 nitrogen and oxygen atoms in total. The molecule has 0 saturated heterocycles. The Kier molecular flexibility index (Phi) is 5.85. The van der Waals surface area contributed by atoms with Crippen LogP contribution in [-0.2, 0) is 5.41 Å². The molecule has 3 heteroatoms. The van der Waals surface area contributed by atoms with Crippen LogP contribution in [0.15, 0.2) is 150 Å². The van der Waals surface area contributed by atoms with E-state index in [4.69, 9.17) is 14.4 Å². The van der Waals surface area contributed by atoms with Crippen LogP contribution in [0.2, 0.25) is 0 Å². The van der Waals surface area contributed by atoms with Crippen molar-refractivity contribution in [2.45, 2.75) is 19.3 Å². The van der Waals surface area contributed by atoms with Crippen LogP contribution in [0.1, 0.15) is 25.0 Å². The van der Waals surface area contributed by atoms with Gasteiger partial charge in [0.1, 0.15) is 11.2 Å². The normalized spacial score (nSPS) is 13.2. The van der Waals surface area contributed by atoms with E-state index < -0.39 is 0 Å². The van der Waals surface area contributed by atoms with E-state index in [1.165, 1.54) is 22.3 Å². The third kappa shape index (κ3) is 4.13. The smallest absolute Gasteiger partial charge is 0.160 e. The van der Waals surface area contributed by atoms with Gasteiger partial charge < -0.3 is 4.42 Å². The minimum Gasteiger partial charge on any atom is -0.455 e. The van der Waals surface area contributed by atoms with Gasteiger partial charge >= 0.3 is 0 Å². The zero-order valence-corrected chi connectivity index (χ0v) is 25.7. The molecule has 46 heavy (non-hydrogen) atoms. The number of fused-ring (bicyclic) bond motifs is 6. The van der Waals surface area contributed by atoms with Gasteiger partial charge in [-0.25, -0.2) is 9.97 Å². The van der Waals surface area contributed by atoms with E-state index in [1.807, 2.05) is 30.3 Å². The fourth-order valence-corrected chi connectivity index (χ4v) is 7.12. The number of rotatable bonds is 4. The Morgan fingerprint density at radius 1 is 0.457 bits per heavy atom.